The molecule has 13 heavy (non-hydrogen) atoms. The molecule has 0 aromatic carbocycles. The molecule has 3 heteroatoms. The molecule has 78 valence electrons. The summed E-state index contributed by atoms with van der Waals surface area (Å²) in [5.74, 6) is 0.945. The third kappa shape index (κ3) is 7.78. The quantitative estimate of drug-likeness (QED) is 0.658. The average Bonchev–Trinajstić information content (AvgIpc) is 2.03. The highest BCUT2D eigenvalue weighted by atomic mass is 16.4. The highest BCUT2D eigenvalue weighted by Crippen LogP contribution is 2.27. The first-order valence-corrected chi connectivity index (χ1v) is 4.95. The van der Waals surface area contributed by atoms with Gasteiger partial charge in [0.1, 0.15) is 0 Å². The number of carbonyl (C=O) groups is 1. The minimum absolute atomic E-state index is 0.833. The Kier molecular flexibility index (Phi) is 6.59. The van der Waals surface area contributed by atoms with E-state index in [1.54, 1.807) is 0 Å². The number of hydrogen-bond acceptors (Lipinski definition) is 2. The van der Waals surface area contributed by atoms with Crippen molar-refractivity contribution in [2.75, 3.05) is 6.54 Å². The molecule has 1 aliphatic carbocycles. The van der Waals surface area contributed by atoms with E-state index < -0.39 is 5.97 Å². The first-order chi connectivity index (χ1) is 6.06. The monoisotopic (exact) mass is 187 g/mol. The molecule has 0 unspecified atom stereocenters. The standard InChI is InChI=1S/C8H17N.C2H4O2/c1-7-3-2-4-8(5-7)6-9;1-2(3)4/h7-8H,2-6,9H2,1H3;1H3,(H,3,4)/t7-,8+;/m0./s1. The molecule has 0 saturated heterocycles. The number of rotatable bonds is 1. The maximum atomic E-state index is 9.00. The van der Waals surface area contributed by atoms with E-state index in [9.17, 15) is 0 Å². The lowest BCUT2D eigenvalue weighted by atomic mass is 9.83. The van der Waals surface area contributed by atoms with Gasteiger partial charge in [-0.1, -0.05) is 19.8 Å². The van der Waals surface area contributed by atoms with Gasteiger partial charge < -0.3 is 10.8 Å². The first-order valence-electron chi connectivity index (χ1n) is 4.95. The molecule has 0 spiro atoms. The van der Waals surface area contributed by atoms with Crippen LogP contribution in [0.2, 0.25) is 0 Å². The van der Waals surface area contributed by atoms with Crippen LogP contribution in [0.25, 0.3) is 0 Å². The van der Waals surface area contributed by atoms with E-state index >= 15 is 0 Å². The second-order valence-electron chi connectivity index (χ2n) is 3.89. The molecule has 1 rings (SSSR count). The largest absolute Gasteiger partial charge is 0.481 e. The summed E-state index contributed by atoms with van der Waals surface area (Å²) < 4.78 is 0. The van der Waals surface area contributed by atoms with E-state index in [1.807, 2.05) is 0 Å². The fourth-order valence-electron chi connectivity index (χ4n) is 1.77. The number of carboxylic acid groups (broad SMARTS) is 1. The van der Waals surface area contributed by atoms with Crippen LogP contribution in [-0.2, 0) is 4.79 Å². The minimum Gasteiger partial charge on any atom is -0.481 e. The van der Waals surface area contributed by atoms with Crippen molar-refractivity contribution in [3.05, 3.63) is 0 Å². The summed E-state index contributed by atoms with van der Waals surface area (Å²) in [6, 6.07) is 0. The maximum Gasteiger partial charge on any atom is 0.300 e. The van der Waals surface area contributed by atoms with Crippen LogP contribution < -0.4 is 5.73 Å². The number of carboxylic acids is 1. The molecule has 3 N–H and O–H groups in total. The van der Waals surface area contributed by atoms with Crippen LogP contribution in [0.5, 0.6) is 0 Å². The lowest BCUT2D eigenvalue weighted by Crippen LogP contribution is -2.20. The molecule has 0 amide bonds. The fourth-order valence-corrected chi connectivity index (χ4v) is 1.77. The zero-order chi connectivity index (χ0) is 10.3. The molecule has 1 fully saturated rings. The van der Waals surface area contributed by atoms with E-state index in [1.165, 1.54) is 25.7 Å². The zero-order valence-corrected chi connectivity index (χ0v) is 8.62. The van der Waals surface area contributed by atoms with Gasteiger partial charge in [0.15, 0.2) is 0 Å². The van der Waals surface area contributed by atoms with Gasteiger partial charge in [-0.2, -0.15) is 0 Å². The zero-order valence-electron chi connectivity index (χ0n) is 8.62. The van der Waals surface area contributed by atoms with E-state index in [-0.39, 0.29) is 0 Å². The Morgan fingerprint density at radius 2 is 2.08 bits per heavy atom. The Morgan fingerprint density at radius 3 is 2.38 bits per heavy atom. The fraction of sp³-hybridized carbons (Fsp3) is 0.900. The lowest BCUT2D eigenvalue weighted by Gasteiger charge is -2.25. The molecule has 3 nitrogen and oxygen atoms in total. The van der Waals surface area contributed by atoms with Gasteiger partial charge in [-0.05, 0) is 31.2 Å². The van der Waals surface area contributed by atoms with Crippen LogP contribution in [0.15, 0.2) is 0 Å². The van der Waals surface area contributed by atoms with Gasteiger partial charge in [0.05, 0.1) is 0 Å². The molecular formula is C10H21NO2. The van der Waals surface area contributed by atoms with Crippen molar-refractivity contribution in [2.24, 2.45) is 17.6 Å². The lowest BCUT2D eigenvalue weighted by molar-refractivity contribution is -0.134. The molecule has 0 aromatic heterocycles. The Hall–Kier alpha value is -0.570. The van der Waals surface area contributed by atoms with Crippen molar-refractivity contribution in [1.29, 1.82) is 0 Å². The predicted octanol–water partition coefficient (Wildman–Crippen LogP) is 1.86. The Labute approximate surface area is 80.3 Å². The molecule has 0 bridgehead atoms. The average molecular weight is 187 g/mol. The Bertz CT molecular complexity index is 144. The molecular weight excluding hydrogens is 166 g/mol. The van der Waals surface area contributed by atoms with Crippen LogP contribution >= 0.6 is 0 Å². The van der Waals surface area contributed by atoms with Crippen LogP contribution in [0.1, 0.15) is 39.5 Å². The molecule has 1 aliphatic rings. The van der Waals surface area contributed by atoms with Crippen molar-refractivity contribution in [3.8, 4) is 0 Å². The van der Waals surface area contributed by atoms with Crippen molar-refractivity contribution < 1.29 is 9.90 Å². The van der Waals surface area contributed by atoms with E-state index in [0.717, 1.165) is 25.3 Å². The Morgan fingerprint density at radius 1 is 1.54 bits per heavy atom. The molecule has 0 heterocycles. The van der Waals surface area contributed by atoms with Gasteiger partial charge in [-0.25, -0.2) is 0 Å². The molecule has 1 saturated carbocycles. The van der Waals surface area contributed by atoms with Crippen molar-refractivity contribution in [1.82, 2.24) is 0 Å². The van der Waals surface area contributed by atoms with Gasteiger partial charge in [-0.3, -0.25) is 4.79 Å². The summed E-state index contributed by atoms with van der Waals surface area (Å²) in [6.07, 6.45) is 5.58. The summed E-state index contributed by atoms with van der Waals surface area (Å²) in [4.78, 5) is 9.00. The predicted molar refractivity (Wildman–Crippen MR) is 53.5 cm³/mol. The van der Waals surface area contributed by atoms with Gasteiger partial charge >= 0.3 is 0 Å². The highest BCUT2D eigenvalue weighted by molar-refractivity contribution is 5.62. The molecule has 0 aliphatic heterocycles. The molecule has 0 radical (unpaired) electrons. The Balaban J connectivity index is 0.000000310. The highest BCUT2D eigenvalue weighted by Gasteiger charge is 2.16. The number of hydrogen-bond donors (Lipinski definition) is 2. The van der Waals surface area contributed by atoms with Crippen molar-refractivity contribution in [3.63, 3.8) is 0 Å². The third-order valence-electron chi connectivity index (χ3n) is 2.38. The van der Waals surface area contributed by atoms with E-state index in [2.05, 4.69) is 6.92 Å². The van der Waals surface area contributed by atoms with Gasteiger partial charge in [0.2, 0.25) is 0 Å². The summed E-state index contributed by atoms with van der Waals surface area (Å²) in [6.45, 7) is 4.33. The third-order valence-corrected chi connectivity index (χ3v) is 2.38. The van der Waals surface area contributed by atoms with Gasteiger partial charge in [0.25, 0.3) is 5.97 Å². The van der Waals surface area contributed by atoms with E-state index in [0.29, 0.717) is 0 Å². The summed E-state index contributed by atoms with van der Waals surface area (Å²) >= 11 is 0. The summed E-state index contributed by atoms with van der Waals surface area (Å²) in [7, 11) is 0. The maximum absolute atomic E-state index is 9.00. The van der Waals surface area contributed by atoms with E-state index in [4.69, 9.17) is 15.6 Å². The van der Waals surface area contributed by atoms with Crippen LogP contribution in [0, 0.1) is 11.8 Å². The second-order valence-corrected chi connectivity index (χ2v) is 3.89. The van der Waals surface area contributed by atoms with Crippen LogP contribution in [-0.4, -0.2) is 17.6 Å². The minimum atomic E-state index is -0.833. The number of aliphatic carboxylic acids is 1. The van der Waals surface area contributed by atoms with Gasteiger partial charge in [-0.15, -0.1) is 0 Å². The first kappa shape index (κ1) is 12.4. The molecule has 0 aromatic rings. The topological polar surface area (TPSA) is 63.3 Å². The van der Waals surface area contributed by atoms with Crippen LogP contribution in [0.3, 0.4) is 0 Å². The second kappa shape index (κ2) is 6.89. The summed E-state index contributed by atoms with van der Waals surface area (Å²) in [5, 5.41) is 7.42. The SMILES string of the molecule is CC(=O)O.C[C@H]1CCC[C@@H](CN)C1. The van der Waals surface area contributed by atoms with Crippen molar-refractivity contribution >= 4 is 5.97 Å². The smallest absolute Gasteiger partial charge is 0.300 e. The normalized spacial score (nSPS) is 27.3. The molecule has 2 atom stereocenters. The summed E-state index contributed by atoms with van der Waals surface area (Å²) in [5.41, 5.74) is 5.57. The van der Waals surface area contributed by atoms with Gasteiger partial charge in [0, 0.05) is 6.92 Å². The van der Waals surface area contributed by atoms with Crippen molar-refractivity contribution in [2.45, 2.75) is 39.5 Å². The van der Waals surface area contributed by atoms with Crippen LogP contribution in [0.4, 0.5) is 0 Å². The number of nitrogens with two attached hydrogens (primary N) is 1.